The van der Waals surface area contributed by atoms with Gasteiger partial charge in [-0.25, -0.2) is 0 Å². The molecule has 2 rings (SSSR count). The second-order valence-electron chi connectivity index (χ2n) is 5.07. The van der Waals surface area contributed by atoms with E-state index in [1.807, 2.05) is 0 Å². The number of thiophene rings is 1. The maximum Gasteiger partial charge on any atom is 0.110 e. The summed E-state index contributed by atoms with van der Waals surface area (Å²) in [4.78, 5) is 3.15. The van der Waals surface area contributed by atoms with Crippen LogP contribution in [0.15, 0.2) is 23.0 Å². The Morgan fingerprint density at radius 1 is 1.41 bits per heavy atom. The van der Waals surface area contributed by atoms with Gasteiger partial charge in [0, 0.05) is 17.8 Å². The Balaban J connectivity index is 2.43. The summed E-state index contributed by atoms with van der Waals surface area (Å²) in [5, 5.41) is 7.64. The van der Waals surface area contributed by atoms with E-state index < -0.39 is 0 Å². The zero-order chi connectivity index (χ0) is 12.6. The van der Waals surface area contributed by atoms with Crippen molar-refractivity contribution < 1.29 is 0 Å². The molecule has 1 aliphatic rings. The third-order valence-corrected chi connectivity index (χ3v) is 3.97. The van der Waals surface area contributed by atoms with Gasteiger partial charge in [0.25, 0.3) is 0 Å². The highest BCUT2D eigenvalue weighted by Gasteiger charge is 2.32. The average molecular weight is 266 g/mol. The summed E-state index contributed by atoms with van der Waals surface area (Å²) in [5.74, 6) is 0. The highest BCUT2D eigenvalue weighted by molar-refractivity contribution is 7.81. The molecule has 1 aliphatic heterocycles. The van der Waals surface area contributed by atoms with Gasteiger partial charge in [-0.1, -0.05) is 12.2 Å². The first-order valence-corrected chi connectivity index (χ1v) is 7.12. The maximum atomic E-state index is 5.46. The molecule has 92 valence electrons. The first-order valence-electron chi connectivity index (χ1n) is 5.77. The zero-order valence-corrected chi connectivity index (χ0v) is 12.3. The third-order valence-electron chi connectivity index (χ3n) is 2.97. The molecule has 0 atom stereocenters. The highest BCUT2D eigenvalue weighted by Crippen LogP contribution is 2.28. The lowest BCUT2D eigenvalue weighted by Gasteiger charge is -2.46. The van der Waals surface area contributed by atoms with E-state index in [1.54, 1.807) is 11.3 Å². The van der Waals surface area contributed by atoms with Crippen molar-refractivity contribution in [3.63, 3.8) is 0 Å². The van der Waals surface area contributed by atoms with Gasteiger partial charge in [0.1, 0.15) is 10.7 Å². The molecule has 0 unspecified atom stereocenters. The molecule has 4 heteroatoms. The van der Waals surface area contributed by atoms with E-state index >= 15 is 0 Å². The lowest BCUT2D eigenvalue weighted by molar-refractivity contribution is 0.129. The Labute approximate surface area is 112 Å². The number of rotatable bonds is 2. The molecule has 17 heavy (non-hydrogen) atoms. The number of hydrogen-bond acceptors (Lipinski definition) is 3. The molecule has 0 amide bonds. The Morgan fingerprint density at radius 2 is 2.12 bits per heavy atom. The second-order valence-corrected chi connectivity index (χ2v) is 6.26. The van der Waals surface area contributed by atoms with Crippen molar-refractivity contribution in [2.24, 2.45) is 0 Å². The molecule has 1 N–H and O–H groups in total. The lowest BCUT2D eigenvalue weighted by Crippen LogP contribution is -2.59. The van der Waals surface area contributed by atoms with Crippen LogP contribution in [0.3, 0.4) is 0 Å². The van der Waals surface area contributed by atoms with E-state index in [0.29, 0.717) is 6.04 Å². The largest absolute Gasteiger partial charge is 0.354 e. The number of nitrogens with one attached hydrogen (secondary N) is 1. The van der Waals surface area contributed by atoms with E-state index in [-0.39, 0.29) is 5.66 Å². The molecular weight excluding hydrogens is 248 g/mol. The van der Waals surface area contributed by atoms with Gasteiger partial charge in [-0.2, -0.15) is 11.3 Å². The fourth-order valence-electron chi connectivity index (χ4n) is 2.19. The van der Waals surface area contributed by atoms with E-state index in [9.17, 15) is 0 Å². The molecule has 0 spiro atoms. The van der Waals surface area contributed by atoms with Crippen LogP contribution in [0.4, 0.5) is 0 Å². The molecule has 0 aromatic carbocycles. The summed E-state index contributed by atoms with van der Waals surface area (Å²) >= 11 is 7.16. The molecule has 1 aromatic rings. The van der Waals surface area contributed by atoms with Crippen molar-refractivity contribution in [1.29, 1.82) is 0 Å². The molecule has 1 aromatic heterocycles. The van der Waals surface area contributed by atoms with Crippen molar-refractivity contribution in [3.8, 4) is 0 Å². The monoisotopic (exact) mass is 266 g/mol. The molecule has 0 saturated heterocycles. The van der Waals surface area contributed by atoms with E-state index in [2.05, 4.69) is 60.9 Å². The predicted molar refractivity (Wildman–Crippen MR) is 79.1 cm³/mol. The van der Waals surface area contributed by atoms with E-state index in [1.165, 1.54) is 5.56 Å². The minimum Gasteiger partial charge on any atom is -0.354 e. The van der Waals surface area contributed by atoms with Gasteiger partial charge in [-0.05, 0) is 50.1 Å². The summed E-state index contributed by atoms with van der Waals surface area (Å²) in [6, 6.07) is 2.55. The fraction of sp³-hybridized carbons (Fsp3) is 0.462. The normalized spacial score (nSPS) is 19.2. The first-order chi connectivity index (χ1) is 7.92. The smallest absolute Gasteiger partial charge is 0.110 e. The molecular formula is C13H18N2S2. The van der Waals surface area contributed by atoms with Crippen molar-refractivity contribution >= 4 is 34.1 Å². The zero-order valence-electron chi connectivity index (χ0n) is 10.7. The van der Waals surface area contributed by atoms with Crippen LogP contribution in [0.2, 0.25) is 0 Å². The Kier molecular flexibility index (Phi) is 3.27. The SMILES string of the molecule is CC(C)N1C=C(c2ccsc2)C(=S)NC1(C)C. The molecule has 0 saturated carbocycles. The Hall–Kier alpha value is -0.870. The van der Waals surface area contributed by atoms with Crippen LogP contribution in [-0.2, 0) is 0 Å². The minimum absolute atomic E-state index is 0.120. The third kappa shape index (κ3) is 2.38. The number of hydrogen-bond donors (Lipinski definition) is 1. The van der Waals surface area contributed by atoms with Crippen LogP contribution < -0.4 is 5.32 Å². The molecule has 0 fully saturated rings. The summed E-state index contributed by atoms with van der Waals surface area (Å²) in [6.07, 6.45) is 2.19. The summed E-state index contributed by atoms with van der Waals surface area (Å²) in [6.45, 7) is 8.69. The summed E-state index contributed by atoms with van der Waals surface area (Å²) in [5.41, 5.74) is 2.20. The Bertz CT molecular complexity index is 444. The van der Waals surface area contributed by atoms with Crippen molar-refractivity contribution in [2.75, 3.05) is 0 Å². The average Bonchev–Trinajstić information content (AvgIpc) is 2.68. The standard InChI is InChI=1S/C13H18N2S2/c1-9(2)15-7-11(10-5-6-17-8-10)12(16)14-13(15,3)4/h5-9H,1-4H3,(H,14,16). The Morgan fingerprint density at radius 3 is 2.65 bits per heavy atom. The summed E-state index contributed by atoms with van der Waals surface area (Å²) < 4.78 is 0. The first kappa shape index (κ1) is 12.6. The van der Waals surface area contributed by atoms with Crippen molar-refractivity contribution in [2.45, 2.75) is 39.4 Å². The van der Waals surface area contributed by atoms with Crippen LogP contribution in [0, 0.1) is 0 Å². The summed E-state index contributed by atoms with van der Waals surface area (Å²) in [7, 11) is 0. The van der Waals surface area contributed by atoms with Crippen molar-refractivity contribution in [3.05, 3.63) is 28.6 Å². The van der Waals surface area contributed by atoms with E-state index in [4.69, 9.17) is 12.2 Å². The quantitative estimate of drug-likeness (QED) is 0.825. The van der Waals surface area contributed by atoms with Gasteiger partial charge >= 0.3 is 0 Å². The highest BCUT2D eigenvalue weighted by atomic mass is 32.1. The molecule has 0 aliphatic carbocycles. The van der Waals surface area contributed by atoms with Crippen LogP contribution in [0.25, 0.3) is 5.57 Å². The van der Waals surface area contributed by atoms with Gasteiger partial charge in [0.15, 0.2) is 0 Å². The van der Waals surface area contributed by atoms with Crippen LogP contribution in [0.5, 0.6) is 0 Å². The van der Waals surface area contributed by atoms with Crippen molar-refractivity contribution in [1.82, 2.24) is 10.2 Å². The topological polar surface area (TPSA) is 15.3 Å². The van der Waals surface area contributed by atoms with Crippen LogP contribution in [0.1, 0.15) is 33.3 Å². The van der Waals surface area contributed by atoms with Gasteiger partial charge in [-0.3, -0.25) is 0 Å². The molecule has 2 heterocycles. The van der Waals surface area contributed by atoms with Gasteiger partial charge in [0.2, 0.25) is 0 Å². The van der Waals surface area contributed by atoms with Gasteiger partial charge < -0.3 is 10.2 Å². The fourth-order valence-corrected chi connectivity index (χ4v) is 3.26. The van der Waals surface area contributed by atoms with E-state index in [0.717, 1.165) is 10.6 Å². The van der Waals surface area contributed by atoms with Crippen LogP contribution in [-0.4, -0.2) is 21.6 Å². The minimum atomic E-state index is -0.120. The molecule has 0 bridgehead atoms. The molecule has 2 nitrogen and oxygen atoms in total. The maximum absolute atomic E-state index is 5.46. The molecule has 0 radical (unpaired) electrons. The predicted octanol–water partition coefficient (Wildman–Crippen LogP) is 3.47. The van der Waals surface area contributed by atoms with Crippen LogP contribution >= 0.6 is 23.6 Å². The lowest BCUT2D eigenvalue weighted by atomic mass is 10.0. The van der Waals surface area contributed by atoms with Gasteiger partial charge in [-0.15, -0.1) is 0 Å². The van der Waals surface area contributed by atoms with Gasteiger partial charge in [0.05, 0.1) is 0 Å². The number of nitrogens with zero attached hydrogens (tertiary/aromatic N) is 1. The second kappa shape index (κ2) is 4.42. The number of thiocarbonyl (C=S) groups is 1.